The van der Waals surface area contributed by atoms with Gasteiger partial charge in [0.15, 0.2) is 5.69 Å². The van der Waals surface area contributed by atoms with Crippen molar-refractivity contribution in [3.8, 4) is 0 Å². The van der Waals surface area contributed by atoms with Crippen LogP contribution in [0.15, 0.2) is 12.3 Å². The number of nitrogens with one attached hydrogen (secondary N) is 1. The fourth-order valence-electron chi connectivity index (χ4n) is 1.81. The zero-order valence-corrected chi connectivity index (χ0v) is 10.2. The number of halogens is 3. The molecular formula is C12H18F3N3. The standard InChI is InChI=1S/C12H18F3N3/c13-12(14,15)11-6-9-18(17-11)8-3-1-2-7-16-10-4-5-10/h6,9-10,16H,1-5,7-8H2. The second kappa shape index (κ2) is 5.73. The summed E-state index contributed by atoms with van der Waals surface area (Å²) >= 11 is 0. The van der Waals surface area contributed by atoms with Crippen LogP contribution in [0.2, 0.25) is 0 Å². The van der Waals surface area contributed by atoms with Crippen LogP contribution >= 0.6 is 0 Å². The van der Waals surface area contributed by atoms with Crippen molar-refractivity contribution >= 4 is 0 Å². The smallest absolute Gasteiger partial charge is 0.314 e. The zero-order chi connectivity index (χ0) is 13.0. The van der Waals surface area contributed by atoms with Crippen molar-refractivity contribution in [2.75, 3.05) is 6.54 Å². The van der Waals surface area contributed by atoms with E-state index in [1.807, 2.05) is 0 Å². The molecule has 1 aliphatic carbocycles. The molecule has 2 rings (SSSR count). The SMILES string of the molecule is FC(F)(F)c1ccn(CCCCCNC2CC2)n1. The molecule has 0 amide bonds. The highest BCUT2D eigenvalue weighted by atomic mass is 19.4. The lowest BCUT2D eigenvalue weighted by Gasteiger charge is -2.04. The van der Waals surface area contributed by atoms with Gasteiger partial charge < -0.3 is 5.32 Å². The number of nitrogens with zero attached hydrogens (tertiary/aromatic N) is 2. The van der Waals surface area contributed by atoms with Gasteiger partial charge in [-0.3, -0.25) is 4.68 Å². The van der Waals surface area contributed by atoms with Gasteiger partial charge in [-0.05, 0) is 38.3 Å². The number of aryl methyl sites for hydroxylation is 1. The first-order chi connectivity index (χ1) is 8.55. The summed E-state index contributed by atoms with van der Waals surface area (Å²) in [4.78, 5) is 0. The molecule has 0 saturated heterocycles. The average Bonchev–Trinajstić information content (AvgIpc) is 2.98. The Morgan fingerprint density at radius 2 is 2.06 bits per heavy atom. The lowest BCUT2D eigenvalue weighted by molar-refractivity contribution is -0.141. The molecule has 1 N–H and O–H groups in total. The highest BCUT2D eigenvalue weighted by Gasteiger charge is 2.33. The Bertz CT molecular complexity index is 369. The first kappa shape index (κ1) is 13.4. The van der Waals surface area contributed by atoms with Gasteiger partial charge >= 0.3 is 6.18 Å². The van der Waals surface area contributed by atoms with Crippen molar-refractivity contribution in [1.82, 2.24) is 15.1 Å². The van der Waals surface area contributed by atoms with E-state index < -0.39 is 11.9 Å². The Balaban J connectivity index is 1.59. The quantitative estimate of drug-likeness (QED) is 0.765. The molecule has 18 heavy (non-hydrogen) atoms. The van der Waals surface area contributed by atoms with Gasteiger partial charge in [0.25, 0.3) is 0 Å². The number of alkyl halides is 3. The zero-order valence-electron chi connectivity index (χ0n) is 10.2. The summed E-state index contributed by atoms with van der Waals surface area (Å²) in [6, 6.07) is 1.75. The topological polar surface area (TPSA) is 29.9 Å². The van der Waals surface area contributed by atoms with E-state index in [0.717, 1.165) is 37.9 Å². The van der Waals surface area contributed by atoms with Gasteiger partial charge in [-0.2, -0.15) is 18.3 Å². The van der Waals surface area contributed by atoms with Crippen LogP contribution in [0.3, 0.4) is 0 Å². The molecule has 1 heterocycles. The Morgan fingerprint density at radius 1 is 1.28 bits per heavy atom. The third-order valence-corrected chi connectivity index (χ3v) is 3.01. The minimum absolute atomic E-state index is 0.555. The lowest BCUT2D eigenvalue weighted by Crippen LogP contribution is -2.17. The third-order valence-electron chi connectivity index (χ3n) is 3.01. The van der Waals surface area contributed by atoms with Gasteiger partial charge in [-0.25, -0.2) is 0 Å². The summed E-state index contributed by atoms with van der Waals surface area (Å²) in [5.74, 6) is 0. The van der Waals surface area contributed by atoms with Crippen molar-refractivity contribution in [2.45, 2.75) is 50.9 Å². The molecule has 1 saturated carbocycles. The number of hydrogen-bond donors (Lipinski definition) is 1. The molecule has 3 nitrogen and oxygen atoms in total. The predicted octanol–water partition coefficient (Wildman–Crippen LogP) is 2.82. The minimum Gasteiger partial charge on any atom is -0.314 e. The van der Waals surface area contributed by atoms with Crippen LogP contribution in [0.1, 0.15) is 37.8 Å². The van der Waals surface area contributed by atoms with E-state index in [-0.39, 0.29) is 0 Å². The Kier molecular flexibility index (Phi) is 4.27. The summed E-state index contributed by atoms with van der Waals surface area (Å²) < 4.78 is 38.2. The molecule has 0 aliphatic heterocycles. The number of aromatic nitrogens is 2. The maximum absolute atomic E-state index is 12.3. The molecule has 1 aromatic heterocycles. The molecule has 0 aromatic carbocycles. The van der Waals surface area contributed by atoms with Crippen LogP contribution in [-0.4, -0.2) is 22.4 Å². The third kappa shape index (κ3) is 4.33. The van der Waals surface area contributed by atoms with E-state index in [1.54, 1.807) is 0 Å². The summed E-state index contributed by atoms with van der Waals surface area (Å²) in [7, 11) is 0. The van der Waals surface area contributed by atoms with Crippen molar-refractivity contribution in [2.24, 2.45) is 0 Å². The van der Waals surface area contributed by atoms with E-state index in [9.17, 15) is 13.2 Å². The molecule has 1 aromatic rings. The highest BCUT2D eigenvalue weighted by Crippen LogP contribution is 2.27. The molecule has 0 bridgehead atoms. The fraction of sp³-hybridized carbons (Fsp3) is 0.750. The molecule has 0 spiro atoms. The van der Waals surface area contributed by atoms with E-state index in [1.165, 1.54) is 23.7 Å². The van der Waals surface area contributed by atoms with Crippen molar-refractivity contribution < 1.29 is 13.2 Å². The molecule has 1 aliphatic rings. The molecular weight excluding hydrogens is 243 g/mol. The van der Waals surface area contributed by atoms with Crippen molar-refractivity contribution in [3.05, 3.63) is 18.0 Å². The Hall–Kier alpha value is -1.04. The fourth-order valence-corrected chi connectivity index (χ4v) is 1.81. The van der Waals surface area contributed by atoms with Gasteiger partial charge in [-0.1, -0.05) is 6.42 Å². The monoisotopic (exact) mass is 261 g/mol. The Morgan fingerprint density at radius 3 is 2.67 bits per heavy atom. The number of hydrogen-bond acceptors (Lipinski definition) is 2. The minimum atomic E-state index is -4.33. The summed E-state index contributed by atoms with van der Waals surface area (Å²) in [5.41, 5.74) is -0.807. The summed E-state index contributed by atoms with van der Waals surface area (Å²) in [5, 5.41) is 6.92. The lowest BCUT2D eigenvalue weighted by atomic mass is 10.2. The second-order valence-electron chi connectivity index (χ2n) is 4.75. The molecule has 0 atom stereocenters. The number of rotatable bonds is 7. The van der Waals surface area contributed by atoms with Gasteiger partial charge in [0.05, 0.1) is 0 Å². The first-order valence-electron chi connectivity index (χ1n) is 6.40. The number of unbranched alkanes of at least 4 members (excludes halogenated alkanes) is 2. The van der Waals surface area contributed by atoms with Crippen LogP contribution in [0.5, 0.6) is 0 Å². The maximum atomic E-state index is 12.3. The van der Waals surface area contributed by atoms with Gasteiger partial charge in [0.1, 0.15) is 0 Å². The van der Waals surface area contributed by atoms with Crippen molar-refractivity contribution in [3.63, 3.8) is 0 Å². The van der Waals surface area contributed by atoms with Crippen LogP contribution < -0.4 is 5.32 Å². The van der Waals surface area contributed by atoms with Gasteiger partial charge in [0.2, 0.25) is 0 Å². The first-order valence-corrected chi connectivity index (χ1v) is 6.40. The largest absolute Gasteiger partial charge is 0.435 e. The van der Waals surface area contributed by atoms with E-state index in [4.69, 9.17) is 0 Å². The molecule has 1 fully saturated rings. The second-order valence-corrected chi connectivity index (χ2v) is 4.75. The normalized spacial score (nSPS) is 16.2. The molecule has 0 radical (unpaired) electrons. The van der Waals surface area contributed by atoms with E-state index in [0.29, 0.717) is 6.54 Å². The van der Waals surface area contributed by atoms with E-state index >= 15 is 0 Å². The van der Waals surface area contributed by atoms with Crippen molar-refractivity contribution in [1.29, 1.82) is 0 Å². The molecule has 102 valence electrons. The predicted molar refractivity (Wildman–Crippen MR) is 62.1 cm³/mol. The van der Waals surface area contributed by atoms with E-state index in [2.05, 4.69) is 10.4 Å². The maximum Gasteiger partial charge on any atom is 0.435 e. The van der Waals surface area contributed by atoms with Crippen LogP contribution in [0.4, 0.5) is 13.2 Å². The van der Waals surface area contributed by atoms with Gasteiger partial charge in [-0.15, -0.1) is 0 Å². The van der Waals surface area contributed by atoms with Gasteiger partial charge in [0, 0.05) is 18.8 Å². The summed E-state index contributed by atoms with van der Waals surface area (Å²) in [6.45, 7) is 1.57. The molecule has 0 unspecified atom stereocenters. The Labute approximate surface area is 104 Å². The average molecular weight is 261 g/mol. The molecule has 6 heteroatoms. The van der Waals surface area contributed by atoms with Crippen LogP contribution in [0, 0.1) is 0 Å². The highest BCUT2D eigenvalue weighted by molar-refractivity contribution is 5.03. The van der Waals surface area contributed by atoms with Crippen LogP contribution in [-0.2, 0) is 12.7 Å². The summed E-state index contributed by atoms with van der Waals surface area (Å²) in [6.07, 6.45) is 2.59. The van der Waals surface area contributed by atoms with Crippen LogP contribution in [0.25, 0.3) is 0 Å².